The molecule has 7 nitrogen and oxygen atoms in total. The second-order valence-electron chi connectivity index (χ2n) is 6.85. The van der Waals surface area contributed by atoms with Crippen molar-refractivity contribution in [2.75, 3.05) is 39.3 Å². The SMILES string of the molecule is CCNC(=O)CN1CCN(C(=O)CCc2ncc(-c3ccc(F)cc3F)o2)CC1. The van der Waals surface area contributed by atoms with Crippen molar-refractivity contribution in [3.8, 4) is 11.3 Å². The van der Waals surface area contributed by atoms with Crippen molar-refractivity contribution in [3.63, 3.8) is 0 Å². The topological polar surface area (TPSA) is 78.7 Å². The molecule has 1 aromatic carbocycles. The third-order valence-electron chi connectivity index (χ3n) is 4.77. The number of carbonyl (C=O) groups excluding carboxylic acids is 2. The van der Waals surface area contributed by atoms with Crippen molar-refractivity contribution >= 4 is 11.8 Å². The summed E-state index contributed by atoms with van der Waals surface area (Å²) in [5, 5.41) is 2.76. The standard InChI is InChI=1S/C20H24F2N4O3/c1-2-23-18(27)13-25-7-9-26(10-8-25)20(28)6-5-19-24-12-17(29-19)15-4-3-14(21)11-16(15)22/h3-4,11-12H,2,5-10,13H2,1H3,(H,23,27). The molecule has 0 saturated carbocycles. The highest BCUT2D eigenvalue weighted by Crippen LogP contribution is 2.24. The molecule has 0 radical (unpaired) electrons. The molecule has 2 heterocycles. The minimum atomic E-state index is -0.728. The van der Waals surface area contributed by atoms with Gasteiger partial charge in [0.05, 0.1) is 18.3 Å². The smallest absolute Gasteiger partial charge is 0.234 e. The van der Waals surface area contributed by atoms with Crippen LogP contribution < -0.4 is 5.32 Å². The van der Waals surface area contributed by atoms with E-state index >= 15 is 0 Å². The molecule has 156 valence electrons. The Morgan fingerprint density at radius 2 is 1.97 bits per heavy atom. The maximum Gasteiger partial charge on any atom is 0.234 e. The van der Waals surface area contributed by atoms with E-state index in [9.17, 15) is 18.4 Å². The van der Waals surface area contributed by atoms with Crippen LogP contribution >= 0.6 is 0 Å². The molecule has 1 fully saturated rings. The lowest BCUT2D eigenvalue weighted by Gasteiger charge is -2.34. The average Bonchev–Trinajstić information content (AvgIpc) is 3.15. The lowest BCUT2D eigenvalue weighted by molar-refractivity contribution is -0.133. The Labute approximate surface area is 167 Å². The molecule has 2 amide bonds. The molecule has 29 heavy (non-hydrogen) atoms. The van der Waals surface area contributed by atoms with Gasteiger partial charge in [-0.1, -0.05) is 0 Å². The van der Waals surface area contributed by atoms with E-state index < -0.39 is 11.6 Å². The predicted molar refractivity (Wildman–Crippen MR) is 102 cm³/mol. The number of aromatic nitrogens is 1. The molecule has 2 aromatic rings. The number of carbonyl (C=O) groups is 2. The van der Waals surface area contributed by atoms with E-state index in [0.717, 1.165) is 12.1 Å². The summed E-state index contributed by atoms with van der Waals surface area (Å²) in [4.78, 5) is 31.9. The van der Waals surface area contributed by atoms with E-state index in [1.54, 1.807) is 4.90 Å². The summed E-state index contributed by atoms with van der Waals surface area (Å²) in [6, 6.07) is 3.22. The van der Waals surface area contributed by atoms with Crippen molar-refractivity contribution in [2.45, 2.75) is 19.8 Å². The van der Waals surface area contributed by atoms with Gasteiger partial charge >= 0.3 is 0 Å². The van der Waals surface area contributed by atoms with Gasteiger partial charge < -0.3 is 14.6 Å². The normalized spacial score (nSPS) is 14.8. The highest BCUT2D eigenvalue weighted by Gasteiger charge is 2.22. The molecular formula is C20H24F2N4O3. The van der Waals surface area contributed by atoms with Gasteiger partial charge in [-0.2, -0.15) is 0 Å². The largest absolute Gasteiger partial charge is 0.441 e. The fraction of sp³-hybridized carbons (Fsp3) is 0.450. The van der Waals surface area contributed by atoms with Gasteiger partial charge in [0.25, 0.3) is 0 Å². The fourth-order valence-electron chi connectivity index (χ4n) is 3.22. The predicted octanol–water partition coefficient (Wildman–Crippen LogP) is 1.83. The Bertz CT molecular complexity index is 863. The van der Waals surface area contributed by atoms with Gasteiger partial charge in [0, 0.05) is 51.6 Å². The lowest BCUT2D eigenvalue weighted by Crippen LogP contribution is -2.51. The van der Waals surface area contributed by atoms with Crippen LogP contribution in [0.5, 0.6) is 0 Å². The molecule has 1 N–H and O–H groups in total. The summed E-state index contributed by atoms with van der Waals surface area (Å²) in [6.45, 7) is 5.25. The third-order valence-corrected chi connectivity index (χ3v) is 4.77. The number of rotatable bonds is 7. The van der Waals surface area contributed by atoms with Gasteiger partial charge in [-0.05, 0) is 19.1 Å². The quantitative estimate of drug-likeness (QED) is 0.759. The number of nitrogens with zero attached hydrogens (tertiary/aromatic N) is 3. The Kier molecular flexibility index (Phi) is 6.92. The molecule has 1 aliphatic heterocycles. The van der Waals surface area contributed by atoms with E-state index in [1.165, 1.54) is 12.3 Å². The molecule has 3 rings (SSSR count). The number of hydrogen-bond donors (Lipinski definition) is 1. The van der Waals surface area contributed by atoms with E-state index in [1.807, 2.05) is 11.8 Å². The number of nitrogens with one attached hydrogen (secondary N) is 1. The molecule has 1 aromatic heterocycles. The molecule has 0 bridgehead atoms. The second-order valence-corrected chi connectivity index (χ2v) is 6.85. The number of piperazine rings is 1. The van der Waals surface area contributed by atoms with E-state index in [0.29, 0.717) is 51.6 Å². The maximum absolute atomic E-state index is 13.8. The summed E-state index contributed by atoms with van der Waals surface area (Å²) in [6.07, 6.45) is 1.89. The first-order valence-corrected chi connectivity index (χ1v) is 9.63. The monoisotopic (exact) mass is 406 g/mol. The number of benzene rings is 1. The van der Waals surface area contributed by atoms with Crippen molar-refractivity contribution in [1.29, 1.82) is 0 Å². The van der Waals surface area contributed by atoms with Crippen molar-refractivity contribution in [1.82, 2.24) is 20.1 Å². The van der Waals surface area contributed by atoms with Gasteiger partial charge in [-0.25, -0.2) is 13.8 Å². The molecule has 0 spiro atoms. The maximum atomic E-state index is 13.8. The first-order valence-electron chi connectivity index (χ1n) is 9.63. The van der Waals surface area contributed by atoms with Crippen molar-refractivity contribution < 1.29 is 22.8 Å². The first kappa shape index (κ1) is 20.9. The van der Waals surface area contributed by atoms with Crippen LogP contribution in [0.1, 0.15) is 19.2 Å². The minimum Gasteiger partial charge on any atom is -0.441 e. The Balaban J connectivity index is 1.47. The number of aryl methyl sites for hydroxylation is 1. The number of halogens is 2. The third kappa shape index (κ3) is 5.60. The van der Waals surface area contributed by atoms with E-state index in [-0.39, 0.29) is 29.6 Å². The van der Waals surface area contributed by atoms with Crippen LogP contribution in [-0.4, -0.2) is 65.9 Å². The zero-order chi connectivity index (χ0) is 20.8. The van der Waals surface area contributed by atoms with Gasteiger partial charge in [-0.3, -0.25) is 14.5 Å². The summed E-state index contributed by atoms with van der Waals surface area (Å²) < 4.78 is 32.4. The highest BCUT2D eigenvalue weighted by molar-refractivity contribution is 5.78. The van der Waals surface area contributed by atoms with E-state index in [4.69, 9.17) is 4.42 Å². The number of hydrogen-bond acceptors (Lipinski definition) is 5. The van der Waals surface area contributed by atoms with Crippen LogP contribution in [0.4, 0.5) is 8.78 Å². The Morgan fingerprint density at radius 1 is 1.21 bits per heavy atom. The molecule has 1 saturated heterocycles. The zero-order valence-electron chi connectivity index (χ0n) is 16.3. The molecule has 0 atom stereocenters. The number of likely N-dealkylation sites (N-methyl/N-ethyl adjacent to an activating group) is 1. The molecule has 0 unspecified atom stereocenters. The Morgan fingerprint density at radius 3 is 2.66 bits per heavy atom. The number of oxazole rings is 1. The molecule has 1 aliphatic rings. The lowest BCUT2D eigenvalue weighted by atomic mass is 10.2. The van der Waals surface area contributed by atoms with Crippen LogP contribution in [0.3, 0.4) is 0 Å². The second kappa shape index (κ2) is 9.60. The van der Waals surface area contributed by atoms with Crippen molar-refractivity contribution in [2.24, 2.45) is 0 Å². The van der Waals surface area contributed by atoms with Crippen LogP contribution in [0.15, 0.2) is 28.8 Å². The Hall–Kier alpha value is -2.81. The summed E-state index contributed by atoms with van der Waals surface area (Å²) in [5.74, 6) is -0.896. The molecule has 0 aliphatic carbocycles. The van der Waals surface area contributed by atoms with Crippen LogP contribution in [0.25, 0.3) is 11.3 Å². The summed E-state index contributed by atoms with van der Waals surface area (Å²) >= 11 is 0. The summed E-state index contributed by atoms with van der Waals surface area (Å²) in [7, 11) is 0. The van der Waals surface area contributed by atoms with Crippen molar-refractivity contribution in [3.05, 3.63) is 41.9 Å². The van der Waals surface area contributed by atoms with Gasteiger partial charge in [-0.15, -0.1) is 0 Å². The van der Waals surface area contributed by atoms with Gasteiger partial charge in [0.1, 0.15) is 11.6 Å². The van der Waals surface area contributed by atoms with Gasteiger partial charge in [0.2, 0.25) is 11.8 Å². The highest BCUT2D eigenvalue weighted by atomic mass is 19.1. The van der Waals surface area contributed by atoms with Crippen LogP contribution in [-0.2, 0) is 16.0 Å². The van der Waals surface area contributed by atoms with Gasteiger partial charge in [0.15, 0.2) is 11.7 Å². The summed E-state index contributed by atoms with van der Waals surface area (Å²) in [5.41, 5.74) is 0.125. The van der Waals surface area contributed by atoms with Crippen LogP contribution in [0.2, 0.25) is 0 Å². The molecular weight excluding hydrogens is 382 g/mol. The number of amides is 2. The first-order chi connectivity index (χ1) is 14.0. The average molecular weight is 406 g/mol. The van der Waals surface area contributed by atoms with Crippen LogP contribution in [0, 0.1) is 11.6 Å². The zero-order valence-corrected chi connectivity index (χ0v) is 16.3. The van der Waals surface area contributed by atoms with E-state index in [2.05, 4.69) is 10.3 Å². The molecule has 9 heteroatoms. The minimum absolute atomic E-state index is 0.00966. The fourth-order valence-corrected chi connectivity index (χ4v) is 3.22.